The van der Waals surface area contributed by atoms with Gasteiger partial charge in [0.25, 0.3) is 5.91 Å². The van der Waals surface area contributed by atoms with E-state index in [9.17, 15) is 14.4 Å². The SMILES string of the molecule is CC(C)(C)OC(=O)N1CCC(c2ccc(C3(F)CCC(=O)NC3=O)cc2)CC1. The van der Waals surface area contributed by atoms with Crippen molar-refractivity contribution >= 4 is 17.9 Å². The maximum Gasteiger partial charge on any atom is 0.410 e. The number of nitrogens with one attached hydrogen (secondary N) is 1. The van der Waals surface area contributed by atoms with Gasteiger partial charge in [-0.05, 0) is 50.7 Å². The number of ether oxygens (including phenoxy) is 1. The van der Waals surface area contributed by atoms with E-state index < -0.39 is 23.1 Å². The summed E-state index contributed by atoms with van der Waals surface area (Å²) in [7, 11) is 0. The van der Waals surface area contributed by atoms with E-state index in [4.69, 9.17) is 4.74 Å². The number of likely N-dealkylation sites (tertiary alicyclic amines) is 1. The number of hydrogen-bond acceptors (Lipinski definition) is 4. The number of alkyl halides is 1. The maximum absolute atomic E-state index is 15.1. The Bertz CT molecular complexity index is 764. The van der Waals surface area contributed by atoms with Crippen LogP contribution >= 0.6 is 0 Å². The summed E-state index contributed by atoms with van der Waals surface area (Å²) in [4.78, 5) is 37.1. The average Bonchev–Trinajstić information content (AvgIpc) is 2.64. The van der Waals surface area contributed by atoms with Crippen LogP contribution in [0.5, 0.6) is 0 Å². The molecule has 1 N–H and O–H groups in total. The van der Waals surface area contributed by atoms with E-state index in [1.165, 1.54) is 0 Å². The molecule has 2 heterocycles. The zero-order valence-corrected chi connectivity index (χ0v) is 16.6. The molecule has 0 saturated carbocycles. The summed E-state index contributed by atoms with van der Waals surface area (Å²) in [6, 6.07) is 6.94. The third-order valence-corrected chi connectivity index (χ3v) is 5.30. The highest BCUT2D eigenvalue weighted by Crippen LogP contribution is 2.36. The van der Waals surface area contributed by atoms with Crippen molar-refractivity contribution in [3.05, 3.63) is 35.4 Å². The molecule has 1 unspecified atom stereocenters. The Labute approximate surface area is 164 Å². The molecular formula is C21H27FN2O4. The van der Waals surface area contributed by atoms with E-state index in [2.05, 4.69) is 5.32 Å². The molecular weight excluding hydrogens is 363 g/mol. The van der Waals surface area contributed by atoms with Crippen LogP contribution in [-0.4, -0.2) is 41.5 Å². The molecule has 0 aliphatic carbocycles. The molecule has 152 valence electrons. The summed E-state index contributed by atoms with van der Waals surface area (Å²) in [5.74, 6) is -1.06. The standard InChI is InChI=1S/C21H27FN2O4/c1-20(2,3)28-19(27)24-12-9-15(10-13-24)14-4-6-16(7-5-14)21(22)11-8-17(25)23-18(21)26/h4-7,15H,8-13H2,1-3H3,(H,23,25,26). The lowest BCUT2D eigenvalue weighted by Gasteiger charge is -2.34. The van der Waals surface area contributed by atoms with Crippen molar-refractivity contribution in [2.45, 2.75) is 63.6 Å². The van der Waals surface area contributed by atoms with Gasteiger partial charge in [-0.25, -0.2) is 9.18 Å². The summed E-state index contributed by atoms with van der Waals surface area (Å²) in [5.41, 5.74) is -1.34. The predicted molar refractivity (Wildman–Crippen MR) is 101 cm³/mol. The van der Waals surface area contributed by atoms with Crippen LogP contribution in [0.2, 0.25) is 0 Å². The normalized spacial score (nSPS) is 24.1. The first kappa shape index (κ1) is 20.3. The minimum absolute atomic E-state index is 0.00683. The molecule has 1 atom stereocenters. The predicted octanol–water partition coefficient (Wildman–Crippen LogP) is 3.40. The van der Waals surface area contributed by atoms with Crippen LogP contribution in [0.15, 0.2) is 24.3 Å². The minimum atomic E-state index is -2.16. The molecule has 3 amide bonds. The van der Waals surface area contributed by atoms with Crippen LogP contribution < -0.4 is 5.32 Å². The molecule has 0 aromatic heterocycles. The highest BCUT2D eigenvalue weighted by molar-refractivity contribution is 6.02. The van der Waals surface area contributed by atoms with Crippen molar-refractivity contribution in [1.82, 2.24) is 10.2 Å². The fourth-order valence-corrected chi connectivity index (χ4v) is 3.70. The molecule has 2 aliphatic rings. The number of rotatable bonds is 2. The second-order valence-corrected chi connectivity index (χ2v) is 8.54. The summed E-state index contributed by atoms with van der Waals surface area (Å²) in [5, 5.41) is 2.08. The Morgan fingerprint density at radius 2 is 1.79 bits per heavy atom. The molecule has 7 heteroatoms. The second kappa shape index (κ2) is 7.53. The van der Waals surface area contributed by atoms with E-state index in [-0.39, 0.29) is 30.4 Å². The van der Waals surface area contributed by atoms with Crippen LogP contribution in [0, 0.1) is 0 Å². The number of piperidine rings is 2. The summed E-state index contributed by atoms with van der Waals surface area (Å²) in [6.45, 7) is 6.76. The fourth-order valence-electron chi connectivity index (χ4n) is 3.70. The van der Waals surface area contributed by atoms with Gasteiger partial charge in [0, 0.05) is 25.9 Å². The Kier molecular flexibility index (Phi) is 5.46. The summed E-state index contributed by atoms with van der Waals surface area (Å²) >= 11 is 0. The summed E-state index contributed by atoms with van der Waals surface area (Å²) in [6.07, 6.45) is 1.17. The number of halogens is 1. The van der Waals surface area contributed by atoms with Gasteiger partial charge >= 0.3 is 6.09 Å². The number of hydrogen-bond donors (Lipinski definition) is 1. The minimum Gasteiger partial charge on any atom is -0.444 e. The van der Waals surface area contributed by atoms with E-state index in [0.29, 0.717) is 13.1 Å². The Hall–Kier alpha value is -2.44. The monoisotopic (exact) mass is 390 g/mol. The van der Waals surface area contributed by atoms with Crippen molar-refractivity contribution in [1.29, 1.82) is 0 Å². The first-order valence-corrected chi connectivity index (χ1v) is 9.70. The first-order valence-electron chi connectivity index (χ1n) is 9.70. The summed E-state index contributed by atoms with van der Waals surface area (Å²) < 4.78 is 20.5. The van der Waals surface area contributed by atoms with Gasteiger partial charge in [-0.1, -0.05) is 24.3 Å². The van der Waals surface area contributed by atoms with Crippen molar-refractivity contribution in [3.63, 3.8) is 0 Å². The van der Waals surface area contributed by atoms with Crippen molar-refractivity contribution < 1.29 is 23.5 Å². The lowest BCUT2D eigenvalue weighted by Crippen LogP contribution is -2.49. The molecule has 2 aliphatic heterocycles. The lowest BCUT2D eigenvalue weighted by atomic mass is 9.84. The van der Waals surface area contributed by atoms with Gasteiger partial charge in [-0.2, -0.15) is 0 Å². The third-order valence-electron chi connectivity index (χ3n) is 5.30. The van der Waals surface area contributed by atoms with E-state index >= 15 is 4.39 Å². The van der Waals surface area contributed by atoms with Crippen LogP contribution in [-0.2, 0) is 20.0 Å². The van der Waals surface area contributed by atoms with Gasteiger partial charge in [-0.15, -0.1) is 0 Å². The van der Waals surface area contributed by atoms with Crippen LogP contribution in [0.3, 0.4) is 0 Å². The molecule has 6 nitrogen and oxygen atoms in total. The van der Waals surface area contributed by atoms with E-state index in [1.807, 2.05) is 32.9 Å². The molecule has 28 heavy (non-hydrogen) atoms. The number of imide groups is 1. The highest BCUT2D eigenvalue weighted by Gasteiger charge is 2.44. The van der Waals surface area contributed by atoms with Gasteiger partial charge in [0.1, 0.15) is 5.60 Å². The quantitative estimate of drug-likeness (QED) is 0.786. The van der Waals surface area contributed by atoms with Gasteiger partial charge in [0.05, 0.1) is 0 Å². The Balaban J connectivity index is 1.62. The van der Waals surface area contributed by atoms with Gasteiger partial charge in [0.2, 0.25) is 11.6 Å². The highest BCUT2D eigenvalue weighted by atomic mass is 19.1. The smallest absolute Gasteiger partial charge is 0.410 e. The zero-order chi connectivity index (χ0) is 20.5. The number of carbonyl (C=O) groups is 3. The number of carbonyl (C=O) groups excluding carboxylic acids is 3. The lowest BCUT2D eigenvalue weighted by molar-refractivity contribution is -0.144. The number of nitrogens with zero attached hydrogens (tertiary/aromatic N) is 1. The fraction of sp³-hybridized carbons (Fsp3) is 0.571. The molecule has 0 bridgehead atoms. The molecule has 2 saturated heterocycles. The van der Waals surface area contributed by atoms with E-state index in [1.54, 1.807) is 17.0 Å². The molecule has 2 fully saturated rings. The topological polar surface area (TPSA) is 75.7 Å². The molecule has 0 spiro atoms. The van der Waals surface area contributed by atoms with Crippen LogP contribution in [0.25, 0.3) is 0 Å². The van der Waals surface area contributed by atoms with Gasteiger partial charge < -0.3 is 9.64 Å². The van der Waals surface area contributed by atoms with Crippen LogP contribution in [0.4, 0.5) is 9.18 Å². The average molecular weight is 390 g/mol. The van der Waals surface area contributed by atoms with Gasteiger partial charge in [0.15, 0.2) is 0 Å². The Morgan fingerprint density at radius 3 is 2.32 bits per heavy atom. The van der Waals surface area contributed by atoms with Crippen LogP contribution in [0.1, 0.15) is 63.5 Å². The molecule has 0 radical (unpaired) electrons. The largest absolute Gasteiger partial charge is 0.444 e. The van der Waals surface area contributed by atoms with E-state index in [0.717, 1.165) is 18.4 Å². The third kappa shape index (κ3) is 4.34. The zero-order valence-electron chi connectivity index (χ0n) is 16.6. The molecule has 3 rings (SSSR count). The second-order valence-electron chi connectivity index (χ2n) is 8.54. The number of benzene rings is 1. The Morgan fingerprint density at radius 1 is 1.18 bits per heavy atom. The van der Waals surface area contributed by atoms with Crippen molar-refractivity contribution in [2.24, 2.45) is 0 Å². The van der Waals surface area contributed by atoms with Crippen molar-refractivity contribution in [3.8, 4) is 0 Å². The molecule has 1 aromatic rings. The van der Waals surface area contributed by atoms with Gasteiger partial charge in [-0.3, -0.25) is 14.9 Å². The van der Waals surface area contributed by atoms with Crippen molar-refractivity contribution in [2.75, 3.05) is 13.1 Å². The molecule has 1 aromatic carbocycles. The number of amides is 3. The maximum atomic E-state index is 15.1. The first-order chi connectivity index (χ1) is 13.1.